The fourth-order valence-corrected chi connectivity index (χ4v) is 1.20. The molecule has 74 valence electrons. The van der Waals surface area contributed by atoms with Crippen LogP contribution in [0, 0.1) is 24.2 Å². The highest BCUT2D eigenvalue weighted by molar-refractivity contribution is 5.55. The molecule has 0 aliphatic carbocycles. The van der Waals surface area contributed by atoms with E-state index in [0.717, 1.165) is 12.2 Å². The van der Waals surface area contributed by atoms with E-state index >= 15 is 0 Å². The molecule has 0 amide bonds. The minimum Gasteiger partial charge on any atom is -0.385 e. The van der Waals surface area contributed by atoms with Crippen LogP contribution in [0.25, 0.3) is 0 Å². The molecular weight excluding hydrogens is 172 g/mol. The summed E-state index contributed by atoms with van der Waals surface area (Å²) >= 11 is 0. The minimum atomic E-state index is 0.611. The third kappa shape index (κ3) is 2.77. The number of aryl methyl sites for hydroxylation is 1. The number of nitrogens with one attached hydrogen (secondary N) is 1. The second-order valence-electron chi connectivity index (χ2n) is 3.92. The highest BCUT2D eigenvalue weighted by atomic mass is 14.9. The van der Waals surface area contributed by atoms with Crippen LogP contribution in [0.15, 0.2) is 18.2 Å². The van der Waals surface area contributed by atoms with Crippen LogP contribution in [0.3, 0.4) is 0 Å². The smallest absolute Gasteiger partial charge is 0.0992 e. The molecule has 14 heavy (non-hydrogen) atoms. The molecule has 0 saturated heterocycles. The lowest BCUT2D eigenvalue weighted by molar-refractivity contribution is 0.688. The Bertz CT molecular complexity index is 348. The lowest BCUT2D eigenvalue weighted by atomic mass is 10.1. The van der Waals surface area contributed by atoms with Crippen molar-refractivity contribution in [2.45, 2.75) is 20.8 Å². The molecule has 1 rings (SSSR count). The fourth-order valence-electron chi connectivity index (χ4n) is 1.20. The minimum absolute atomic E-state index is 0.611. The molecule has 2 heteroatoms. The highest BCUT2D eigenvalue weighted by Crippen LogP contribution is 2.16. The molecule has 0 bridgehead atoms. The zero-order valence-corrected chi connectivity index (χ0v) is 8.96. The Kier molecular flexibility index (Phi) is 3.53. The maximum atomic E-state index is 8.75. The van der Waals surface area contributed by atoms with E-state index in [1.54, 1.807) is 0 Å². The summed E-state index contributed by atoms with van der Waals surface area (Å²) in [7, 11) is 0. The fraction of sp³-hybridized carbons (Fsp3) is 0.417. The molecule has 0 aromatic heterocycles. The first-order valence-electron chi connectivity index (χ1n) is 4.88. The van der Waals surface area contributed by atoms with Gasteiger partial charge in [0.25, 0.3) is 0 Å². The van der Waals surface area contributed by atoms with E-state index in [1.165, 1.54) is 5.56 Å². The standard InChI is InChI=1S/C12H16N2/c1-9(2)8-14-12-6-11(7-13)5-4-10(12)3/h4-6,9,14H,8H2,1-3H3. The van der Waals surface area contributed by atoms with Crippen LogP contribution in [0.1, 0.15) is 25.0 Å². The number of hydrogen-bond donors (Lipinski definition) is 1. The van der Waals surface area contributed by atoms with E-state index in [-0.39, 0.29) is 0 Å². The SMILES string of the molecule is Cc1ccc(C#N)cc1NCC(C)C. The third-order valence-corrected chi connectivity index (χ3v) is 2.07. The predicted molar refractivity (Wildman–Crippen MR) is 59.2 cm³/mol. The number of rotatable bonds is 3. The maximum absolute atomic E-state index is 8.75. The Morgan fingerprint density at radius 2 is 2.14 bits per heavy atom. The molecule has 0 saturated carbocycles. The van der Waals surface area contributed by atoms with Crippen molar-refractivity contribution >= 4 is 5.69 Å². The average Bonchev–Trinajstić information content (AvgIpc) is 2.16. The highest BCUT2D eigenvalue weighted by Gasteiger charge is 2.00. The van der Waals surface area contributed by atoms with Crippen LogP contribution in [0.4, 0.5) is 5.69 Å². The van der Waals surface area contributed by atoms with Crippen molar-refractivity contribution in [1.29, 1.82) is 5.26 Å². The molecule has 0 atom stereocenters. The van der Waals surface area contributed by atoms with E-state index < -0.39 is 0 Å². The van der Waals surface area contributed by atoms with Gasteiger partial charge in [0.15, 0.2) is 0 Å². The Morgan fingerprint density at radius 3 is 2.71 bits per heavy atom. The van der Waals surface area contributed by atoms with Gasteiger partial charge in [0.05, 0.1) is 11.6 Å². The van der Waals surface area contributed by atoms with Crippen LogP contribution in [-0.4, -0.2) is 6.54 Å². The van der Waals surface area contributed by atoms with E-state index in [0.29, 0.717) is 11.5 Å². The summed E-state index contributed by atoms with van der Waals surface area (Å²) in [6.45, 7) is 7.31. The molecule has 2 nitrogen and oxygen atoms in total. The van der Waals surface area contributed by atoms with Gasteiger partial charge in [0.1, 0.15) is 0 Å². The molecule has 1 aromatic rings. The van der Waals surface area contributed by atoms with Crippen LogP contribution < -0.4 is 5.32 Å². The Hall–Kier alpha value is -1.49. The largest absolute Gasteiger partial charge is 0.385 e. The Morgan fingerprint density at radius 1 is 1.43 bits per heavy atom. The molecule has 0 spiro atoms. The Balaban J connectivity index is 2.80. The Labute approximate surface area is 85.6 Å². The van der Waals surface area contributed by atoms with E-state index in [1.807, 2.05) is 25.1 Å². The lowest BCUT2D eigenvalue weighted by Crippen LogP contribution is -2.08. The van der Waals surface area contributed by atoms with Gasteiger partial charge in [-0.05, 0) is 30.5 Å². The normalized spacial score (nSPS) is 9.93. The van der Waals surface area contributed by atoms with Crippen molar-refractivity contribution in [1.82, 2.24) is 0 Å². The van der Waals surface area contributed by atoms with Gasteiger partial charge in [0, 0.05) is 12.2 Å². The number of anilines is 1. The van der Waals surface area contributed by atoms with Gasteiger partial charge in [-0.15, -0.1) is 0 Å². The van der Waals surface area contributed by atoms with Crippen molar-refractivity contribution in [3.05, 3.63) is 29.3 Å². The zero-order chi connectivity index (χ0) is 10.6. The molecule has 0 radical (unpaired) electrons. The zero-order valence-electron chi connectivity index (χ0n) is 8.96. The first kappa shape index (κ1) is 10.6. The van der Waals surface area contributed by atoms with Gasteiger partial charge in [0.2, 0.25) is 0 Å². The molecule has 0 heterocycles. The molecule has 1 N–H and O–H groups in total. The molecule has 0 unspecified atom stereocenters. The summed E-state index contributed by atoms with van der Waals surface area (Å²) in [4.78, 5) is 0. The second kappa shape index (κ2) is 4.66. The van der Waals surface area contributed by atoms with Gasteiger partial charge in [-0.25, -0.2) is 0 Å². The van der Waals surface area contributed by atoms with Gasteiger partial charge in [-0.2, -0.15) is 5.26 Å². The summed E-state index contributed by atoms with van der Waals surface area (Å²) in [5.41, 5.74) is 2.96. The van der Waals surface area contributed by atoms with Crippen LogP contribution in [0.2, 0.25) is 0 Å². The van der Waals surface area contributed by atoms with Crippen molar-refractivity contribution in [3.8, 4) is 6.07 Å². The maximum Gasteiger partial charge on any atom is 0.0992 e. The summed E-state index contributed by atoms with van der Waals surface area (Å²) in [6, 6.07) is 7.86. The van der Waals surface area contributed by atoms with Crippen molar-refractivity contribution < 1.29 is 0 Å². The lowest BCUT2D eigenvalue weighted by Gasteiger charge is -2.11. The summed E-state index contributed by atoms with van der Waals surface area (Å²) < 4.78 is 0. The molecule has 1 aromatic carbocycles. The predicted octanol–water partition coefficient (Wildman–Crippen LogP) is 2.93. The number of benzene rings is 1. The van der Waals surface area contributed by atoms with Crippen LogP contribution >= 0.6 is 0 Å². The topological polar surface area (TPSA) is 35.8 Å². The third-order valence-electron chi connectivity index (χ3n) is 2.07. The van der Waals surface area contributed by atoms with E-state index in [4.69, 9.17) is 5.26 Å². The first-order valence-corrected chi connectivity index (χ1v) is 4.88. The van der Waals surface area contributed by atoms with Gasteiger partial charge < -0.3 is 5.32 Å². The summed E-state index contributed by atoms with van der Waals surface area (Å²) in [5.74, 6) is 0.611. The summed E-state index contributed by atoms with van der Waals surface area (Å²) in [6.07, 6.45) is 0. The van der Waals surface area contributed by atoms with Gasteiger partial charge in [-0.1, -0.05) is 19.9 Å². The summed E-state index contributed by atoms with van der Waals surface area (Å²) in [5, 5.41) is 12.1. The average molecular weight is 188 g/mol. The quantitative estimate of drug-likeness (QED) is 0.791. The number of nitriles is 1. The molecular formula is C12H16N2. The number of nitrogens with zero attached hydrogens (tertiary/aromatic N) is 1. The number of hydrogen-bond acceptors (Lipinski definition) is 2. The van der Waals surface area contributed by atoms with Crippen molar-refractivity contribution in [3.63, 3.8) is 0 Å². The van der Waals surface area contributed by atoms with Gasteiger partial charge >= 0.3 is 0 Å². The van der Waals surface area contributed by atoms with Crippen molar-refractivity contribution in [2.75, 3.05) is 11.9 Å². The van der Waals surface area contributed by atoms with Gasteiger partial charge in [-0.3, -0.25) is 0 Å². The molecule has 0 fully saturated rings. The van der Waals surface area contributed by atoms with Crippen LogP contribution in [0.5, 0.6) is 0 Å². The van der Waals surface area contributed by atoms with Crippen molar-refractivity contribution in [2.24, 2.45) is 5.92 Å². The molecule has 0 aliphatic rings. The first-order chi connectivity index (χ1) is 6.63. The molecule has 0 aliphatic heterocycles. The second-order valence-corrected chi connectivity index (χ2v) is 3.92. The monoisotopic (exact) mass is 188 g/mol. The van der Waals surface area contributed by atoms with E-state index in [9.17, 15) is 0 Å². The van der Waals surface area contributed by atoms with Crippen LogP contribution in [-0.2, 0) is 0 Å². The van der Waals surface area contributed by atoms with E-state index in [2.05, 4.69) is 25.2 Å².